The fourth-order valence-electron chi connectivity index (χ4n) is 1.83. The zero-order chi connectivity index (χ0) is 14.7. The molecular formula is C14H14BrFN2O2. The van der Waals surface area contributed by atoms with Crippen LogP contribution in [-0.4, -0.2) is 15.2 Å². The predicted octanol–water partition coefficient (Wildman–Crippen LogP) is 3.10. The number of benzene rings is 1. The van der Waals surface area contributed by atoms with Gasteiger partial charge in [-0.1, -0.05) is 0 Å². The highest BCUT2D eigenvalue weighted by Crippen LogP contribution is 2.27. The van der Waals surface area contributed by atoms with Gasteiger partial charge in [0.1, 0.15) is 11.6 Å². The summed E-state index contributed by atoms with van der Waals surface area (Å²) in [7, 11) is 0. The summed E-state index contributed by atoms with van der Waals surface area (Å²) < 4.78 is 13.6. The molecule has 0 saturated carbocycles. The molecule has 1 aromatic carbocycles. The lowest BCUT2D eigenvalue weighted by molar-refractivity contribution is 0.279. The summed E-state index contributed by atoms with van der Waals surface area (Å²) in [6.07, 6.45) is 1.53. The van der Waals surface area contributed by atoms with Crippen LogP contribution in [0, 0.1) is 12.7 Å². The van der Waals surface area contributed by atoms with Gasteiger partial charge in [0, 0.05) is 34.0 Å². The van der Waals surface area contributed by atoms with Crippen LogP contribution in [0.25, 0.3) is 0 Å². The second-order valence-electron chi connectivity index (χ2n) is 4.33. The highest BCUT2D eigenvalue weighted by atomic mass is 79.9. The van der Waals surface area contributed by atoms with Gasteiger partial charge in [0.25, 0.3) is 0 Å². The van der Waals surface area contributed by atoms with E-state index in [1.807, 2.05) is 0 Å². The van der Waals surface area contributed by atoms with Gasteiger partial charge < -0.3 is 15.5 Å². The molecule has 6 heteroatoms. The number of aromatic hydroxyl groups is 1. The molecule has 0 spiro atoms. The van der Waals surface area contributed by atoms with E-state index in [1.165, 1.54) is 18.3 Å². The van der Waals surface area contributed by atoms with Crippen molar-refractivity contribution in [3.63, 3.8) is 0 Å². The summed E-state index contributed by atoms with van der Waals surface area (Å²) >= 11 is 3.26. The van der Waals surface area contributed by atoms with Crippen LogP contribution in [0.15, 0.2) is 28.9 Å². The maximum absolute atomic E-state index is 13.0. The third-order valence-electron chi connectivity index (χ3n) is 2.99. The van der Waals surface area contributed by atoms with E-state index in [4.69, 9.17) is 0 Å². The first-order valence-corrected chi connectivity index (χ1v) is 6.78. The van der Waals surface area contributed by atoms with Crippen molar-refractivity contribution in [2.45, 2.75) is 20.1 Å². The average molecular weight is 341 g/mol. The number of nitrogens with one attached hydrogen (secondary N) is 1. The smallest absolute Gasteiger partial charge is 0.142 e. The van der Waals surface area contributed by atoms with Gasteiger partial charge >= 0.3 is 0 Å². The number of nitrogens with zero attached hydrogens (tertiary/aromatic N) is 1. The van der Waals surface area contributed by atoms with Gasteiger partial charge in [-0.25, -0.2) is 4.39 Å². The Morgan fingerprint density at radius 3 is 2.80 bits per heavy atom. The number of pyridine rings is 1. The Labute approximate surface area is 124 Å². The first-order chi connectivity index (χ1) is 9.52. The predicted molar refractivity (Wildman–Crippen MR) is 78.0 cm³/mol. The molecule has 1 aromatic heterocycles. The Bertz CT molecular complexity index is 635. The van der Waals surface area contributed by atoms with Crippen LogP contribution in [0.4, 0.5) is 10.1 Å². The van der Waals surface area contributed by atoms with E-state index in [9.17, 15) is 14.6 Å². The Balaban J connectivity index is 2.24. The average Bonchev–Trinajstić information content (AvgIpc) is 2.42. The largest absolute Gasteiger partial charge is 0.506 e. The molecule has 0 aliphatic rings. The van der Waals surface area contributed by atoms with Crippen LogP contribution in [-0.2, 0) is 13.2 Å². The number of rotatable bonds is 4. The van der Waals surface area contributed by atoms with Crippen molar-refractivity contribution < 1.29 is 14.6 Å². The Morgan fingerprint density at radius 2 is 2.15 bits per heavy atom. The molecule has 0 radical (unpaired) electrons. The lowest BCUT2D eigenvalue weighted by Crippen LogP contribution is -2.06. The van der Waals surface area contributed by atoms with Crippen LogP contribution < -0.4 is 5.32 Å². The minimum Gasteiger partial charge on any atom is -0.506 e. The minimum atomic E-state index is -0.332. The molecule has 0 bridgehead atoms. The van der Waals surface area contributed by atoms with Gasteiger partial charge in [0.2, 0.25) is 0 Å². The molecule has 2 aromatic rings. The minimum absolute atomic E-state index is 0.0577. The van der Waals surface area contributed by atoms with E-state index in [0.717, 1.165) is 0 Å². The summed E-state index contributed by atoms with van der Waals surface area (Å²) in [5.74, 6) is -0.275. The number of aryl methyl sites for hydroxylation is 1. The molecule has 0 aliphatic heterocycles. The van der Waals surface area contributed by atoms with E-state index >= 15 is 0 Å². The first kappa shape index (κ1) is 14.7. The summed E-state index contributed by atoms with van der Waals surface area (Å²) in [5.41, 5.74) is 2.33. The zero-order valence-electron chi connectivity index (χ0n) is 10.8. The maximum atomic E-state index is 13.0. The van der Waals surface area contributed by atoms with Crippen LogP contribution >= 0.6 is 15.9 Å². The molecule has 4 nitrogen and oxygen atoms in total. The third kappa shape index (κ3) is 3.08. The number of anilines is 1. The zero-order valence-corrected chi connectivity index (χ0v) is 12.4. The summed E-state index contributed by atoms with van der Waals surface area (Å²) in [4.78, 5) is 4.00. The molecule has 0 fully saturated rings. The number of hydrogen-bond donors (Lipinski definition) is 3. The second-order valence-corrected chi connectivity index (χ2v) is 5.19. The van der Waals surface area contributed by atoms with Gasteiger partial charge in [-0.05, 0) is 41.1 Å². The molecule has 1 heterocycles. The van der Waals surface area contributed by atoms with Crippen LogP contribution in [0.1, 0.15) is 16.8 Å². The van der Waals surface area contributed by atoms with Crippen molar-refractivity contribution in [3.8, 4) is 5.75 Å². The summed E-state index contributed by atoms with van der Waals surface area (Å²) in [6.45, 7) is 1.78. The topological polar surface area (TPSA) is 65.4 Å². The van der Waals surface area contributed by atoms with Gasteiger partial charge in [-0.2, -0.15) is 0 Å². The normalized spacial score (nSPS) is 10.6. The monoisotopic (exact) mass is 340 g/mol. The van der Waals surface area contributed by atoms with Crippen molar-refractivity contribution >= 4 is 21.6 Å². The molecular weight excluding hydrogens is 327 g/mol. The molecule has 0 amide bonds. The van der Waals surface area contributed by atoms with Crippen molar-refractivity contribution in [1.29, 1.82) is 0 Å². The van der Waals surface area contributed by atoms with Crippen molar-refractivity contribution in [2.24, 2.45) is 0 Å². The lowest BCUT2D eigenvalue weighted by Gasteiger charge is -2.14. The van der Waals surface area contributed by atoms with Gasteiger partial charge in [-0.3, -0.25) is 4.98 Å². The Morgan fingerprint density at radius 1 is 1.40 bits per heavy atom. The van der Waals surface area contributed by atoms with E-state index in [1.54, 1.807) is 13.0 Å². The SMILES string of the molecule is Cc1ncc(CO)c(CNc2ccc(F)cc2Br)c1O. The number of aliphatic hydroxyl groups excluding tert-OH is 1. The fourth-order valence-corrected chi connectivity index (χ4v) is 2.33. The van der Waals surface area contributed by atoms with Crippen molar-refractivity contribution in [1.82, 2.24) is 4.98 Å². The quantitative estimate of drug-likeness (QED) is 0.800. The fraction of sp³-hybridized carbons (Fsp3) is 0.214. The van der Waals surface area contributed by atoms with Crippen LogP contribution in [0.2, 0.25) is 0 Å². The van der Waals surface area contributed by atoms with Crippen LogP contribution in [0.3, 0.4) is 0 Å². The molecule has 0 saturated heterocycles. The second kappa shape index (κ2) is 6.19. The Kier molecular flexibility index (Phi) is 4.57. The highest BCUT2D eigenvalue weighted by Gasteiger charge is 2.11. The molecule has 3 N–H and O–H groups in total. The number of aliphatic hydroxyl groups is 1. The van der Waals surface area contributed by atoms with Gasteiger partial charge in [-0.15, -0.1) is 0 Å². The van der Waals surface area contributed by atoms with Gasteiger partial charge in [0.05, 0.1) is 12.3 Å². The van der Waals surface area contributed by atoms with E-state index in [0.29, 0.717) is 33.5 Å². The van der Waals surface area contributed by atoms with E-state index in [-0.39, 0.29) is 18.2 Å². The number of hydrogen-bond acceptors (Lipinski definition) is 4. The maximum Gasteiger partial charge on any atom is 0.142 e. The van der Waals surface area contributed by atoms with E-state index in [2.05, 4.69) is 26.2 Å². The summed E-state index contributed by atoms with van der Waals surface area (Å²) in [6, 6.07) is 4.30. The molecule has 0 unspecified atom stereocenters. The third-order valence-corrected chi connectivity index (χ3v) is 3.64. The molecule has 0 aliphatic carbocycles. The molecule has 0 atom stereocenters. The van der Waals surface area contributed by atoms with Crippen molar-refractivity contribution in [3.05, 3.63) is 51.5 Å². The van der Waals surface area contributed by atoms with E-state index < -0.39 is 0 Å². The molecule has 2 rings (SSSR count). The number of halogens is 2. The highest BCUT2D eigenvalue weighted by molar-refractivity contribution is 9.10. The summed E-state index contributed by atoms with van der Waals surface area (Å²) in [5, 5.41) is 22.4. The Hall–Kier alpha value is -1.66. The standard InChI is InChI=1S/C14H14BrFN2O2/c1-8-14(20)11(9(7-19)5-17-8)6-18-13-3-2-10(16)4-12(13)15/h2-5,18-20H,6-7H2,1H3. The first-order valence-electron chi connectivity index (χ1n) is 5.99. The molecule has 106 valence electrons. The lowest BCUT2D eigenvalue weighted by atomic mass is 10.1. The molecule has 20 heavy (non-hydrogen) atoms. The van der Waals surface area contributed by atoms with Gasteiger partial charge in [0.15, 0.2) is 0 Å². The van der Waals surface area contributed by atoms with Crippen molar-refractivity contribution in [2.75, 3.05) is 5.32 Å². The van der Waals surface area contributed by atoms with Crippen LogP contribution in [0.5, 0.6) is 5.75 Å². The number of aromatic nitrogens is 1.